The van der Waals surface area contributed by atoms with Gasteiger partial charge in [-0.3, -0.25) is 4.21 Å². The molecule has 0 amide bonds. The first-order chi connectivity index (χ1) is 14.1. The molecule has 3 heterocycles. The highest BCUT2D eigenvalue weighted by molar-refractivity contribution is 7.85. The van der Waals surface area contributed by atoms with Crippen molar-refractivity contribution in [3.05, 3.63) is 40.5 Å². The fraction of sp³-hybridized carbons (Fsp3) is 0.591. The molecule has 1 N–H and O–H groups in total. The van der Waals surface area contributed by atoms with Gasteiger partial charge < -0.3 is 14.6 Å². The lowest BCUT2D eigenvalue weighted by Crippen LogP contribution is -2.40. The van der Waals surface area contributed by atoms with Crippen LogP contribution in [-0.4, -0.2) is 44.3 Å². The Hall–Kier alpha value is -1.37. The summed E-state index contributed by atoms with van der Waals surface area (Å²) in [6.45, 7) is 2.83. The van der Waals surface area contributed by atoms with Crippen LogP contribution >= 0.6 is 11.6 Å². The maximum atomic E-state index is 12.7. The Morgan fingerprint density at radius 1 is 1.21 bits per heavy atom. The average Bonchev–Trinajstić information content (AvgIpc) is 3.25. The highest BCUT2D eigenvalue weighted by atomic mass is 35.5. The van der Waals surface area contributed by atoms with Gasteiger partial charge in [0.2, 0.25) is 5.95 Å². The SMILES string of the molecule is O=[S@@]1CCc2nc(N3CCC(c4ccc(Cl)cc4)CC3)n(CC3(CO)CCC3)c21. The Kier molecular flexibility index (Phi) is 5.21. The molecule has 1 aromatic carbocycles. The maximum Gasteiger partial charge on any atom is 0.206 e. The Bertz CT molecular complexity index is 909. The number of hydrogen-bond donors (Lipinski definition) is 1. The van der Waals surface area contributed by atoms with Crippen LogP contribution in [0.25, 0.3) is 0 Å². The average molecular weight is 434 g/mol. The number of benzene rings is 1. The van der Waals surface area contributed by atoms with E-state index in [9.17, 15) is 9.32 Å². The van der Waals surface area contributed by atoms with Gasteiger partial charge in [-0.2, -0.15) is 0 Å². The van der Waals surface area contributed by atoms with Crippen molar-refractivity contribution in [3.8, 4) is 0 Å². The first-order valence-corrected chi connectivity index (χ1v) is 12.4. The molecule has 0 spiro atoms. The molecule has 156 valence electrons. The second-order valence-electron chi connectivity index (χ2n) is 8.87. The van der Waals surface area contributed by atoms with E-state index in [2.05, 4.69) is 21.6 Å². The zero-order valence-electron chi connectivity index (χ0n) is 16.6. The summed E-state index contributed by atoms with van der Waals surface area (Å²) in [5.41, 5.74) is 2.30. The molecule has 0 bridgehead atoms. The lowest BCUT2D eigenvalue weighted by Gasteiger charge is -2.42. The van der Waals surface area contributed by atoms with Crippen LogP contribution < -0.4 is 4.90 Å². The van der Waals surface area contributed by atoms with Crippen molar-refractivity contribution in [2.45, 2.75) is 56.0 Å². The van der Waals surface area contributed by atoms with Gasteiger partial charge in [0, 0.05) is 42.2 Å². The van der Waals surface area contributed by atoms with Crippen LogP contribution in [0.5, 0.6) is 0 Å². The molecule has 1 saturated heterocycles. The molecular weight excluding hydrogens is 406 g/mol. The van der Waals surface area contributed by atoms with Crippen molar-refractivity contribution in [3.63, 3.8) is 0 Å². The van der Waals surface area contributed by atoms with Crippen molar-refractivity contribution in [2.75, 3.05) is 30.3 Å². The van der Waals surface area contributed by atoms with Crippen molar-refractivity contribution < 1.29 is 9.32 Å². The normalized spacial score (nSPS) is 23.8. The molecule has 2 aliphatic heterocycles. The molecule has 0 radical (unpaired) electrons. The largest absolute Gasteiger partial charge is 0.396 e. The molecule has 5 rings (SSSR count). The van der Waals surface area contributed by atoms with Crippen LogP contribution in [0.15, 0.2) is 29.3 Å². The Morgan fingerprint density at radius 3 is 2.55 bits per heavy atom. The first-order valence-electron chi connectivity index (χ1n) is 10.7. The van der Waals surface area contributed by atoms with Crippen LogP contribution in [0.3, 0.4) is 0 Å². The number of aliphatic hydroxyl groups excluding tert-OH is 1. The molecule has 7 heteroatoms. The van der Waals surface area contributed by atoms with Crippen molar-refractivity contribution in [2.24, 2.45) is 5.41 Å². The third-order valence-electron chi connectivity index (χ3n) is 7.07. The lowest BCUT2D eigenvalue weighted by molar-refractivity contribution is 0.0258. The van der Waals surface area contributed by atoms with Gasteiger partial charge in [-0.05, 0) is 49.3 Å². The molecule has 0 unspecified atom stereocenters. The number of aliphatic hydroxyl groups is 1. The van der Waals surface area contributed by atoms with Gasteiger partial charge in [0.25, 0.3) is 0 Å². The quantitative estimate of drug-likeness (QED) is 0.780. The van der Waals surface area contributed by atoms with Gasteiger partial charge in [0.1, 0.15) is 5.03 Å². The number of nitrogens with zero attached hydrogens (tertiary/aromatic N) is 3. The number of anilines is 1. The Morgan fingerprint density at radius 2 is 1.93 bits per heavy atom. The van der Waals surface area contributed by atoms with Crippen LogP contribution in [0, 0.1) is 5.41 Å². The van der Waals surface area contributed by atoms with Gasteiger partial charge in [0.15, 0.2) is 0 Å². The minimum absolute atomic E-state index is 0.0579. The second-order valence-corrected chi connectivity index (χ2v) is 10.8. The molecule has 3 aliphatic rings. The fourth-order valence-electron chi connectivity index (χ4n) is 5.09. The third-order valence-corrected chi connectivity index (χ3v) is 8.78. The summed E-state index contributed by atoms with van der Waals surface area (Å²) >= 11 is 6.04. The smallest absolute Gasteiger partial charge is 0.206 e. The molecule has 2 fully saturated rings. The highest BCUT2D eigenvalue weighted by Gasteiger charge is 2.40. The monoisotopic (exact) mass is 433 g/mol. The standard InChI is InChI=1S/C22H28ClN3O2S/c23-18-4-2-16(3-5-18)17-6-11-25(12-7-17)21-24-19-8-13-29(28)20(19)26(21)14-22(15-27)9-1-10-22/h2-5,17,27H,1,6-15H2/t29-/m1/s1. The lowest BCUT2D eigenvalue weighted by atomic mass is 9.69. The summed E-state index contributed by atoms with van der Waals surface area (Å²) in [5, 5.41) is 11.7. The first kappa shape index (κ1) is 19.6. The predicted molar refractivity (Wildman–Crippen MR) is 116 cm³/mol. The number of piperidine rings is 1. The molecule has 1 aromatic heterocycles. The molecule has 5 nitrogen and oxygen atoms in total. The van der Waals surface area contributed by atoms with Crippen LogP contribution in [0.4, 0.5) is 5.95 Å². The van der Waals surface area contributed by atoms with Crippen LogP contribution in [0.1, 0.15) is 49.3 Å². The second kappa shape index (κ2) is 7.71. The number of rotatable bonds is 5. The maximum absolute atomic E-state index is 12.7. The molecule has 1 saturated carbocycles. The van der Waals surface area contributed by atoms with E-state index in [4.69, 9.17) is 16.6 Å². The number of aromatic nitrogens is 2. The van der Waals surface area contributed by atoms with E-state index >= 15 is 0 Å². The van der Waals surface area contributed by atoms with Gasteiger partial charge in [-0.1, -0.05) is 30.2 Å². The van der Waals surface area contributed by atoms with Crippen molar-refractivity contribution in [1.29, 1.82) is 0 Å². The summed E-state index contributed by atoms with van der Waals surface area (Å²) in [7, 11) is -0.967. The van der Waals surface area contributed by atoms with E-state index in [0.717, 1.165) is 73.4 Å². The molecular formula is C22H28ClN3O2S. The van der Waals surface area contributed by atoms with E-state index in [1.165, 1.54) is 12.0 Å². The topological polar surface area (TPSA) is 58.4 Å². The Balaban J connectivity index is 1.38. The van der Waals surface area contributed by atoms with E-state index in [1.54, 1.807) is 0 Å². The summed E-state index contributed by atoms with van der Waals surface area (Å²) in [5.74, 6) is 2.20. The highest BCUT2D eigenvalue weighted by Crippen LogP contribution is 2.44. The Labute approximate surface area is 179 Å². The van der Waals surface area contributed by atoms with Crippen molar-refractivity contribution >= 4 is 28.3 Å². The van der Waals surface area contributed by atoms with E-state index in [-0.39, 0.29) is 12.0 Å². The zero-order valence-corrected chi connectivity index (χ0v) is 18.2. The van der Waals surface area contributed by atoms with E-state index < -0.39 is 10.8 Å². The number of imidazole rings is 1. The molecule has 1 aliphatic carbocycles. The summed E-state index contributed by atoms with van der Waals surface area (Å²) in [4.78, 5) is 7.31. The third kappa shape index (κ3) is 3.53. The summed E-state index contributed by atoms with van der Waals surface area (Å²) < 4.78 is 14.9. The van der Waals surface area contributed by atoms with Crippen molar-refractivity contribution in [1.82, 2.24) is 9.55 Å². The molecule has 2 aromatic rings. The van der Waals surface area contributed by atoms with Gasteiger partial charge in [-0.15, -0.1) is 0 Å². The number of halogens is 1. The number of fused-ring (bicyclic) bond motifs is 1. The predicted octanol–water partition coefficient (Wildman–Crippen LogP) is 3.75. The van der Waals surface area contributed by atoms with Crippen LogP contribution in [0.2, 0.25) is 5.02 Å². The summed E-state index contributed by atoms with van der Waals surface area (Å²) in [6, 6.07) is 8.23. The van der Waals surface area contributed by atoms with Gasteiger partial charge in [0.05, 0.1) is 23.1 Å². The minimum atomic E-state index is -0.967. The minimum Gasteiger partial charge on any atom is -0.396 e. The number of hydrogen-bond acceptors (Lipinski definition) is 4. The van der Waals surface area contributed by atoms with Gasteiger partial charge >= 0.3 is 0 Å². The molecule has 1 atom stereocenters. The van der Waals surface area contributed by atoms with Gasteiger partial charge in [-0.25, -0.2) is 4.98 Å². The fourth-order valence-corrected chi connectivity index (χ4v) is 6.59. The molecule has 29 heavy (non-hydrogen) atoms. The van der Waals surface area contributed by atoms with E-state index in [1.807, 2.05) is 12.1 Å². The summed E-state index contributed by atoms with van der Waals surface area (Å²) in [6.07, 6.45) is 6.21. The van der Waals surface area contributed by atoms with E-state index in [0.29, 0.717) is 11.7 Å². The number of aryl methyl sites for hydroxylation is 1. The van der Waals surface area contributed by atoms with Crippen LogP contribution in [-0.2, 0) is 23.8 Å². The zero-order chi connectivity index (χ0) is 20.0.